The molecule has 0 aromatic carbocycles. The number of rotatable bonds is 7. The van der Waals surface area contributed by atoms with Crippen LogP contribution >= 0.6 is 0 Å². The van der Waals surface area contributed by atoms with E-state index in [9.17, 15) is 0 Å². The van der Waals surface area contributed by atoms with E-state index in [2.05, 4.69) is 29.3 Å². The molecule has 98 valence electrons. The minimum Gasteiger partial charge on any atom is -0.373 e. The van der Waals surface area contributed by atoms with Crippen molar-refractivity contribution in [3.8, 4) is 0 Å². The molecule has 1 aromatic rings. The van der Waals surface area contributed by atoms with E-state index < -0.39 is 0 Å². The van der Waals surface area contributed by atoms with Crippen molar-refractivity contribution in [3.63, 3.8) is 0 Å². The van der Waals surface area contributed by atoms with E-state index in [0.717, 1.165) is 12.8 Å². The van der Waals surface area contributed by atoms with Gasteiger partial charge < -0.3 is 14.6 Å². The molecule has 0 aliphatic rings. The lowest BCUT2D eigenvalue weighted by Crippen LogP contribution is -2.32. The van der Waals surface area contributed by atoms with Crippen molar-refractivity contribution < 1.29 is 9.26 Å². The van der Waals surface area contributed by atoms with E-state index in [-0.39, 0.29) is 6.10 Å². The van der Waals surface area contributed by atoms with Crippen LogP contribution in [0.3, 0.4) is 0 Å². The van der Waals surface area contributed by atoms with Crippen LogP contribution in [0.2, 0.25) is 0 Å². The van der Waals surface area contributed by atoms with Crippen molar-refractivity contribution in [3.05, 3.63) is 11.7 Å². The van der Waals surface area contributed by atoms with Crippen LogP contribution in [0.4, 0.5) is 0 Å². The Balaban J connectivity index is 2.67. The molecule has 0 amide bonds. The first-order valence-electron chi connectivity index (χ1n) is 6.14. The van der Waals surface area contributed by atoms with Crippen molar-refractivity contribution in [2.24, 2.45) is 5.92 Å². The summed E-state index contributed by atoms with van der Waals surface area (Å²) >= 11 is 0. The van der Waals surface area contributed by atoms with E-state index >= 15 is 0 Å². The number of hydrogen-bond acceptors (Lipinski definition) is 5. The lowest BCUT2D eigenvalue weighted by atomic mass is 10.0. The molecule has 0 spiro atoms. The molecule has 2 atom stereocenters. The topological polar surface area (TPSA) is 60.2 Å². The molecule has 5 heteroatoms. The molecule has 1 N–H and O–H groups in total. The molecule has 0 saturated heterocycles. The minimum absolute atomic E-state index is 0.0698. The Labute approximate surface area is 103 Å². The molecule has 0 saturated carbocycles. The van der Waals surface area contributed by atoms with Crippen LogP contribution in [0.15, 0.2) is 4.52 Å². The van der Waals surface area contributed by atoms with Crippen LogP contribution in [0.1, 0.15) is 45.0 Å². The van der Waals surface area contributed by atoms with E-state index in [0.29, 0.717) is 23.7 Å². The molecule has 0 bridgehead atoms. The monoisotopic (exact) mass is 241 g/mol. The molecule has 0 aliphatic heterocycles. The predicted octanol–water partition coefficient (Wildman–Crippen LogP) is 1.95. The molecular weight excluding hydrogens is 218 g/mol. The standard InChI is InChI=1S/C12H23N3O2/c1-6-10(16-5)12-14-11(17-15-12)7-9(13-4)8(2)3/h8-10,13H,6-7H2,1-5H3. The first-order valence-corrected chi connectivity index (χ1v) is 6.14. The number of likely N-dealkylation sites (N-methyl/N-ethyl adjacent to an activating group) is 1. The number of nitrogens with zero attached hydrogens (tertiary/aromatic N) is 2. The zero-order valence-corrected chi connectivity index (χ0v) is 11.4. The highest BCUT2D eigenvalue weighted by molar-refractivity contribution is 4.93. The van der Waals surface area contributed by atoms with Crippen LogP contribution in [0, 0.1) is 5.92 Å². The molecule has 1 rings (SSSR count). The van der Waals surface area contributed by atoms with E-state index in [4.69, 9.17) is 9.26 Å². The first kappa shape index (κ1) is 14.1. The Kier molecular flexibility index (Phi) is 5.58. The van der Waals surface area contributed by atoms with Crippen LogP contribution in [-0.2, 0) is 11.2 Å². The third-order valence-corrected chi connectivity index (χ3v) is 3.00. The lowest BCUT2D eigenvalue weighted by molar-refractivity contribution is 0.0903. The van der Waals surface area contributed by atoms with Crippen molar-refractivity contribution in [1.82, 2.24) is 15.5 Å². The number of nitrogens with one attached hydrogen (secondary N) is 1. The second kappa shape index (κ2) is 6.71. The molecule has 1 aromatic heterocycles. The van der Waals surface area contributed by atoms with E-state index in [1.165, 1.54) is 0 Å². The highest BCUT2D eigenvalue weighted by atomic mass is 16.5. The Hall–Kier alpha value is -0.940. The summed E-state index contributed by atoms with van der Waals surface area (Å²) in [5.41, 5.74) is 0. The maximum absolute atomic E-state index is 5.28. The van der Waals surface area contributed by atoms with Gasteiger partial charge in [0, 0.05) is 19.6 Å². The van der Waals surface area contributed by atoms with E-state index in [1.54, 1.807) is 7.11 Å². The summed E-state index contributed by atoms with van der Waals surface area (Å²) in [5.74, 6) is 1.84. The van der Waals surface area contributed by atoms with Gasteiger partial charge in [-0.2, -0.15) is 4.98 Å². The Bertz CT molecular complexity index is 321. The smallest absolute Gasteiger partial charge is 0.228 e. The SMILES string of the molecule is CCC(OC)c1noc(CC(NC)C(C)C)n1. The minimum atomic E-state index is -0.0698. The average molecular weight is 241 g/mol. The largest absolute Gasteiger partial charge is 0.373 e. The molecule has 1 heterocycles. The molecular formula is C12H23N3O2. The number of aromatic nitrogens is 2. The van der Waals surface area contributed by atoms with Crippen molar-refractivity contribution in [1.29, 1.82) is 0 Å². The second-order valence-electron chi connectivity index (χ2n) is 4.52. The Morgan fingerprint density at radius 2 is 2.12 bits per heavy atom. The Morgan fingerprint density at radius 1 is 1.41 bits per heavy atom. The third kappa shape index (κ3) is 3.78. The van der Waals surface area contributed by atoms with Gasteiger partial charge in [-0.1, -0.05) is 25.9 Å². The fourth-order valence-corrected chi connectivity index (χ4v) is 1.80. The fourth-order valence-electron chi connectivity index (χ4n) is 1.80. The summed E-state index contributed by atoms with van der Waals surface area (Å²) in [6.07, 6.45) is 1.52. The summed E-state index contributed by atoms with van der Waals surface area (Å²) in [6, 6.07) is 0.353. The van der Waals surface area contributed by atoms with Crippen molar-refractivity contribution >= 4 is 0 Å². The normalized spacial score (nSPS) is 15.2. The highest BCUT2D eigenvalue weighted by Gasteiger charge is 2.19. The van der Waals surface area contributed by atoms with Gasteiger partial charge in [0.2, 0.25) is 11.7 Å². The molecule has 0 radical (unpaired) electrons. The van der Waals surface area contributed by atoms with Crippen LogP contribution < -0.4 is 5.32 Å². The van der Waals surface area contributed by atoms with Gasteiger partial charge in [0.1, 0.15) is 6.10 Å². The predicted molar refractivity (Wildman–Crippen MR) is 65.7 cm³/mol. The van der Waals surface area contributed by atoms with Gasteiger partial charge in [-0.25, -0.2) is 0 Å². The van der Waals surface area contributed by atoms with Gasteiger partial charge in [0.15, 0.2) is 0 Å². The number of hydrogen-bond donors (Lipinski definition) is 1. The summed E-state index contributed by atoms with van der Waals surface area (Å²) in [7, 11) is 3.61. The number of methoxy groups -OCH3 is 1. The summed E-state index contributed by atoms with van der Waals surface area (Å²) in [5, 5.41) is 7.22. The second-order valence-corrected chi connectivity index (χ2v) is 4.52. The van der Waals surface area contributed by atoms with Crippen LogP contribution in [-0.4, -0.2) is 30.3 Å². The highest BCUT2D eigenvalue weighted by Crippen LogP contribution is 2.17. The van der Waals surface area contributed by atoms with Gasteiger partial charge in [-0.3, -0.25) is 0 Å². The molecule has 17 heavy (non-hydrogen) atoms. The van der Waals surface area contributed by atoms with E-state index in [1.807, 2.05) is 14.0 Å². The lowest BCUT2D eigenvalue weighted by Gasteiger charge is -2.17. The zero-order valence-electron chi connectivity index (χ0n) is 11.4. The maximum atomic E-state index is 5.28. The maximum Gasteiger partial charge on any atom is 0.228 e. The van der Waals surface area contributed by atoms with Crippen molar-refractivity contribution in [2.45, 2.75) is 45.8 Å². The van der Waals surface area contributed by atoms with Gasteiger partial charge in [0.05, 0.1) is 0 Å². The summed E-state index contributed by atoms with van der Waals surface area (Å²) in [6.45, 7) is 6.37. The summed E-state index contributed by atoms with van der Waals surface area (Å²) in [4.78, 5) is 4.38. The average Bonchev–Trinajstić information content (AvgIpc) is 2.76. The van der Waals surface area contributed by atoms with Gasteiger partial charge >= 0.3 is 0 Å². The Morgan fingerprint density at radius 3 is 2.59 bits per heavy atom. The molecule has 0 aliphatic carbocycles. The molecule has 2 unspecified atom stereocenters. The molecule has 5 nitrogen and oxygen atoms in total. The quantitative estimate of drug-likeness (QED) is 0.790. The van der Waals surface area contributed by atoms with Gasteiger partial charge in [-0.15, -0.1) is 0 Å². The van der Waals surface area contributed by atoms with Gasteiger partial charge in [-0.05, 0) is 19.4 Å². The van der Waals surface area contributed by atoms with Gasteiger partial charge in [0.25, 0.3) is 0 Å². The zero-order chi connectivity index (χ0) is 12.8. The fraction of sp³-hybridized carbons (Fsp3) is 0.833. The summed E-state index contributed by atoms with van der Waals surface area (Å²) < 4.78 is 10.5. The molecule has 0 fully saturated rings. The first-order chi connectivity index (χ1) is 8.12. The van der Waals surface area contributed by atoms with Crippen molar-refractivity contribution in [2.75, 3.05) is 14.2 Å². The third-order valence-electron chi connectivity index (χ3n) is 3.00. The number of ether oxygens (including phenoxy) is 1. The van der Waals surface area contributed by atoms with Crippen LogP contribution in [0.5, 0.6) is 0 Å². The van der Waals surface area contributed by atoms with Crippen LogP contribution in [0.25, 0.3) is 0 Å².